The van der Waals surface area contributed by atoms with Crippen molar-refractivity contribution >= 4 is 29.5 Å². The number of carbonyl (C=O) groups is 2. The smallest absolute Gasteiger partial charge is 0.268 e. The van der Waals surface area contributed by atoms with Gasteiger partial charge < -0.3 is 10.6 Å². The first-order valence-electron chi connectivity index (χ1n) is 6.61. The second kappa shape index (κ2) is 6.09. The van der Waals surface area contributed by atoms with Gasteiger partial charge in [0.15, 0.2) is 0 Å². The fraction of sp³-hybridized carbons (Fsp3) is 0.333. The lowest BCUT2D eigenvalue weighted by Crippen LogP contribution is -2.57. The largest absolute Gasteiger partial charge is 0.339 e. The predicted octanol–water partition coefficient (Wildman–Crippen LogP) is 2.34. The average molecular weight is 293 g/mol. The highest BCUT2D eigenvalue weighted by Gasteiger charge is 2.32. The molecule has 2 atom stereocenters. The monoisotopic (exact) mass is 292 g/mol. The molecule has 0 aromatic heterocycles. The highest BCUT2D eigenvalue weighted by atomic mass is 35.5. The highest BCUT2D eigenvalue weighted by molar-refractivity contribution is 6.32. The molecule has 0 aliphatic carbocycles. The zero-order chi connectivity index (χ0) is 14.7. The molecule has 2 unspecified atom stereocenters. The maximum atomic E-state index is 12.0. The molecule has 1 aliphatic heterocycles. The number of piperazine rings is 1. The van der Waals surface area contributed by atoms with E-state index in [0.29, 0.717) is 10.6 Å². The number of halogens is 1. The minimum atomic E-state index is -0.476. The lowest BCUT2D eigenvalue weighted by molar-refractivity contribution is -0.132. The average Bonchev–Trinajstić information content (AvgIpc) is 2.44. The van der Waals surface area contributed by atoms with E-state index >= 15 is 0 Å². The minimum absolute atomic E-state index is 0.0980. The summed E-state index contributed by atoms with van der Waals surface area (Å²) >= 11 is 6.04. The van der Waals surface area contributed by atoms with Crippen LogP contribution in [0.1, 0.15) is 25.8 Å². The van der Waals surface area contributed by atoms with Crippen molar-refractivity contribution in [3.63, 3.8) is 0 Å². The summed E-state index contributed by atoms with van der Waals surface area (Å²) in [6, 6.07) is 6.68. The molecule has 0 radical (unpaired) electrons. The van der Waals surface area contributed by atoms with E-state index in [1.165, 1.54) is 0 Å². The number of amides is 2. The Kier molecular flexibility index (Phi) is 4.45. The van der Waals surface area contributed by atoms with Gasteiger partial charge in [-0.1, -0.05) is 50.1 Å². The summed E-state index contributed by atoms with van der Waals surface area (Å²) in [5.74, 6) is -0.368. The predicted molar refractivity (Wildman–Crippen MR) is 79.0 cm³/mol. The van der Waals surface area contributed by atoms with Crippen LogP contribution in [-0.2, 0) is 9.59 Å². The number of rotatable bonds is 3. The number of hydrogen-bond acceptors (Lipinski definition) is 2. The third-order valence-electron chi connectivity index (χ3n) is 3.49. The van der Waals surface area contributed by atoms with E-state index in [4.69, 9.17) is 11.6 Å². The number of benzene rings is 1. The van der Waals surface area contributed by atoms with Crippen molar-refractivity contribution in [2.24, 2.45) is 5.92 Å². The van der Waals surface area contributed by atoms with Crippen LogP contribution in [0.15, 0.2) is 30.0 Å². The molecule has 1 heterocycles. The van der Waals surface area contributed by atoms with Crippen LogP contribution in [0.5, 0.6) is 0 Å². The van der Waals surface area contributed by atoms with Gasteiger partial charge >= 0.3 is 0 Å². The van der Waals surface area contributed by atoms with Crippen LogP contribution < -0.4 is 10.6 Å². The standard InChI is InChI=1S/C15H17ClN2O2/c1-3-9(2)13-15(20)17-12(14(19)18-13)8-10-6-4-5-7-11(10)16/h4-9,13H,3H2,1-2H3,(H,17,20)(H,18,19). The van der Waals surface area contributed by atoms with Gasteiger partial charge in [-0.15, -0.1) is 0 Å². The molecule has 0 saturated carbocycles. The van der Waals surface area contributed by atoms with E-state index in [9.17, 15) is 9.59 Å². The SMILES string of the molecule is CCC(C)C1NC(=O)C(=Cc2ccccc2Cl)NC1=O. The van der Waals surface area contributed by atoms with Crippen molar-refractivity contribution in [2.75, 3.05) is 0 Å². The van der Waals surface area contributed by atoms with E-state index in [2.05, 4.69) is 10.6 Å². The van der Waals surface area contributed by atoms with E-state index in [1.54, 1.807) is 18.2 Å². The minimum Gasteiger partial charge on any atom is -0.339 e. The zero-order valence-corrected chi connectivity index (χ0v) is 12.2. The van der Waals surface area contributed by atoms with Crippen LogP contribution in [0.4, 0.5) is 0 Å². The first kappa shape index (κ1) is 14.6. The second-order valence-electron chi connectivity index (χ2n) is 4.91. The summed E-state index contributed by atoms with van der Waals surface area (Å²) in [5.41, 5.74) is 0.921. The Bertz CT molecular complexity index is 569. The van der Waals surface area contributed by atoms with Crippen LogP contribution in [0.25, 0.3) is 6.08 Å². The van der Waals surface area contributed by atoms with Gasteiger partial charge in [-0.05, 0) is 23.6 Å². The Morgan fingerprint density at radius 2 is 2.05 bits per heavy atom. The van der Waals surface area contributed by atoms with Crippen LogP contribution >= 0.6 is 11.6 Å². The molecule has 1 aromatic carbocycles. The van der Waals surface area contributed by atoms with Gasteiger partial charge in [0.25, 0.3) is 5.91 Å². The summed E-state index contributed by atoms with van der Waals surface area (Å²) in [4.78, 5) is 24.1. The van der Waals surface area contributed by atoms with Gasteiger partial charge in [0, 0.05) is 5.02 Å². The molecular formula is C15H17ClN2O2. The third kappa shape index (κ3) is 3.02. The molecule has 0 bridgehead atoms. The maximum absolute atomic E-state index is 12.0. The van der Waals surface area contributed by atoms with Crippen LogP contribution in [0.3, 0.4) is 0 Å². The normalized spacial score (nSPS) is 22.4. The van der Waals surface area contributed by atoms with Crippen molar-refractivity contribution < 1.29 is 9.59 Å². The van der Waals surface area contributed by atoms with Crippen molar-refractivity contribution in [1.82, 2.24) is 10.6 Å². The van der Waals surface area contributed by atoms with Crippen molar-refractivity contribution in [3.8, 4) is 0 Å². The summed E-state index contributed by atoms with van der Waals surface area (Å²) in [6.45, 7) is 3.92. The first-order chi connectivity index (χ1) is 9.52. The Morgan fingerprint density at radius 3 is 2.70 bits per heavy atom. The molecule has 5 heteroatoms. The Labute approximate surface area is 123 Å². The van der Waals surface area contributed by atoms with Crippen molar-refractivity contribution in [3.05, 3.63) is 40.5 Å². The molecule has 20 heavy (non-hydrogen) atoms. The quantitative estimate of drug-likeness (QED) is 0.840. The summed E-state index contributed by atoms with van der Waals surface area (Å²) < 4.78 is 0. The van der Waals surface area contributed by atoms with E-state index in [1.807, 2.05) is 26.0 Å². The van der Waals surface area contributed by atoms with Gasteiger partial charge in [0.05, 0.1) is 0 Å². The fourth-order valence-electron chi connectivity index (χ4n) is 2.04. The van der Waals surface area contributed by atoms with Crippen molar-refractivity contribution in [2.45, 2.75) is 26.3 Å². The van der Waals surface area contributed by atoms with E-state index in [-0.39, 0.29) is 23.4 Å². The molecule has 0 spiro atoms. The first-order valence-corrected chi connectivity index (χ1v) is 6.98. The topological polar surface area (TPSA) is 58.2 Å². The second-order valence-corrected chi connectivity index (χ2v) is 5.31. The van der Waals surface area contributed by atoms with Crippen LogP contribution in [0.2, 0.25) is 5.02 Å². The van der Waals surface area contributed by atoms with Gasteiger partial charge in [-0.25, -0.2) is 0 Å². The summed E-state index contributed by atoms with van der Waals surface area (Å²) in [5, 5.41) is 5.94. The number of hydrogen-bond donors (Lipinski definition) is 2. The summed E-state index contributed by atoms with van der Waals surface area (Å²) in [7, 11) is 0. The molecule has 106 valence electrons. The van der Waals surface area contributed by atoms with Gasteiger partial charge in [0.1, 0.15) is 11.7 Å². The Morgan fingerprint density at radius 1 is 1.35 bits per heavy atom. The summed E-state index contributed by atoms with van der Waals surface area (Å²) in [6.07, 6.45) is 2.41. The lowest BCUT2D eigenvalue weighted by Gasteiger charge is -2.28. The molecule has 2 rings (SSSR count). The van der Waals surface area contributed by atoms with Gasteiger partial charge in [-0.3, -0.25) is 9.59 Å². The maximum Gasteiger partial charge on any atom is 0.268 e. The van der Waals surface area contributed by atoms with Crippen LogP contribution in [0, 0.1) is 5.92 Å². The lowest BCUT2D eigenvalue weighted by atomic mass is 9.96. The van der Waals surface area contributed by atoms with E-state index < -0.39 is 6.04 Å². The fourth-order valence-corrected chi connectivity index (χ4v) is 2.23. The van der Waals surface area contributed by atoms with Crippen LogP contribution in [-0.4, -0.2) is 17.9 Å². The Balaban J connectivity index is 2.23. The van der Waals surface area contributed by atoms with E-state index in [0.717, 1.165) is 6.42 Å². The van der Waals surface area contributed by atoms with Gasteiger partial charge in [-0.2, -0.15) is 0 Å². The molecule has 1 saturated heterocycles. The highest BCUT2D eigenvalue weighted by Crippen LogP contribution is 2.19. The number of nitrogens with one attached hydrogen (secondary N) is 2. The zero-order valence-electron chi connectivity index (χ0n) is 11.4. The molecule has 4 nitrogen and oxygen atoms in total. The number of carbonyl (C=O) groups excluding carboxylic acids is 2. The Hall–Kier alpha value is -1.81. The molecular weight excluding hydrogens is 276 g/mol. The molecule has 2 N–H and O–H groups in total. The van der Waals surface area contributed by atoms with Crippen molar-refractivity contribution in [1.29, 1.82) is 0 Å². The third-order valence-corrected chi connectivity index (χ3v) is 3.83. The molecule has 1 fully saturated rings. The van der Waals surface area contributed by atoms with Gasteiger partial charge in [0.2, 0.25) is 5.91 Å². The molecule has 1 aromatic rings. The molecule has 1 aliphatic rings. The molecule has 2 amide bonds.